The molecule has 3 nitrogen and oxygen atoms in total. The zero-order valence-electron chi connectivity index (χ0n) is 11.3. The van der Waals surface area contributed by atoms with Gasteiger partial charge in [0.15, 0.2) is 5.82 Å². The Hall–Kier alpha value is -1.78. The molecule has 0 saturated heterocycles. The fourth-order valence-corrected chi connectivity index (χ4v) is 2.83. The molecule has 0 bridgehead atoms. The van der Waals surface area contributed by atoms with Crippen molar-refractivity contribution in [2.24, 2.45) is 0 Å². The standard InChI is InChI=1S/C16H13BrClN3/c1-9-5-6-11(8-13(9)18)15-14(16(19)21-20-15)10-3-2-4-12(17)7-10/h2-8H,1H3,(H3,19,20,21). The number of hydrogen-bond donors (Lipinski definition) is 2. The van der Waals surface area contributed by atoms with Crippen molar-refractivity contribution in [1.29, 1.82) is 0 Å². The predicted molar refractivity (Wildman–Crippen MR) is 91.3 cm³/mol. The molecular formula is C16H13BrClN3. The smallest absolute Gasteiger partial charge is 0.153 e. The van der Waals surface area contributed by atoms with Gasteiger partial charge in [0.25, 0.3) is 0 Å². The van der Waals surface area contributed by atoms with Gasteiger partial charge in [0, 0.05) is 15.1 Å². The van der Waals surface area contributed by atoms with Crippen LogP contribution in [-0.2, 0) is 0 Å². The van der Waals surface area contributed by atoms with Gasteiger partial charge in [-0.2, -0.15) is 5.10 Å². The molecule has 0 spiro atoms. The number of benzene rings is 2. The number of nitrogens with zero attached hydrogens (tertiary/aromatic N) is 1. The Labute approximate surface area is 136 Å². The second kappa shape index (κ2) is 5.54. The van der Waals surface area contributed by atoms with Crippen LogP contribution in [0, 0.1) is 6.92 Å². The molecule has 5 heteroatoms. The maximum atomic E-state index is 6.22. The number of aryl methyl sites for hydroxylation is 1. The van der Waals surface area contributed by atoms with Crippen LogP contribution < -0.4 is 5.73 Å². The summed E-state index contributed by atoms with van der Waals surface area (Å²) in [4.78, 5) is 0. The number of hydrogen-bond acceptors (Lipinski definition) is 2. The highest BCUT2D eigenvalue weighted by atomic mass is 79.9. The number of nitrogens with two attached hydrogens (primary N) is 1. The van der Waals surface area contributed by atoms with Gasteiger partial charge in [-0.3, -0.25) is 5.10 Å². The van der Waals surface area contributed by atoms with E-state index in [0.717, 1.165) is 37.4 Å². The zero-order chi connectivity index (χ0) is 15.0. The molecule has 0 aliphatic rings. The minimum absolute atomic E-state index is 0.472. The molecule has 3 aromatic rings. The number of rotatable bonds is 2. The number of aromatic nitrogens is 2. The van der Waals surface area contributed by atoms with E-state index in [2.05, 4.69) is 26.1 Å². The van der Waals surface area contributed by atoms with Crippen LogP contribution in [0.3, 0.4) is 0 Å². The van der Waals surface area contributed by atoms with E-state index in [1.54, 1.807) is 0 Å². The molecule has 3 N–H and O–H groups in total. The van der Waals surface area contributed by atoms with Crippen molar-refractivity contribution in [3.8, 4) is 22.4 Å². The summed E-state index contributed by atoms with van der Waals surface area (Å²) in [5, 5.41) is 7.87. The number of aromatic amines is 1. The third-order valence-electron chi connectivity index (χ3n) is 3.37. The van der Waals surface area contributed by atoms with Gasteiger partial charge < -0.3 is 5.73 Å². The van der Waals surface area contributed by atoms with Gasteiger partial charge >= 0.3 is 0 Å². The Morgan fingerprint density at radius 2 is 1.95 bits per heavy atom. The van der Waals surface area contributed by atoms with Crippen LogP contribution in [0.1, 0.15) is 5.56 Å². The summed E-state index contributed by atoms with van der Waals surface area (Å²) in [6.07, 6.45) is 0. The normalized spacial score (nSPS) is 10.8. The van der Waals surface area contributed by atoms with E-state index >= 15 is 0 Å². The highest BCUT2D eigenvalue weighted by Gasteiger charge is 2.15. The minimum atomic E-state index is 0.472. The Morgan fingerprint density at radius 3 is 2.67 bits per heavy atom. The number of nitrogen functional groups attached to an aromatic ring is 1. The van der Waals surface area contributed by atoms with E-state index < -0.39 is 0 Å². The first-order valence-corrected chi connectivity index (χ1v) is 7.59. The van der Waals surface area contributed by atoms with E-state index in [-0.39, 0.29) is 0 Å². The number of halogens is 2. The molecule has 0 aliphatic carbocycles. The van der Waals surface area contributed by atoms with Crippen molar-refractivity contribution in [3.05, 3.63) is 57.5 Å². The van der Waals surface area contributed by atoms with E-state index in [4.69, 9.17) is 17.3 Å². The fraction of sp³-hybridized carbons (Fsp3) is 0.0625. The first kappa shape index (κ1) is 14.2. The second-order valence-electron chi connectivity index (χ2n) is 4.83. The van der Waals surface area contributed by atoms with Gasteiger partial charge in [-0.05, 0) is 36.2 Å². The van der Waals surface area contributed by atoms with Crippen LogP contribution in [0.25, 0.3) is 22.4 Å². The van der Waals surface area contributed by atoms with Gasteiger partial charge in [-0.25, -0.2) is 0 Å². The van der Waals surface area contributed by atoms with Crippen LogP contribution in [-0.4, -0.2) is 10.2 Å². The summed E-state index contributed by atoms with van der Waals surface area (Å²) in [6, 6.07) is 13.9. The van der Waals surface area contributed by atoms with Crippen molar-refractivity contribution in [2.45, 2.75) is 6.92 Å². The largest absolute Gasteiger partial charge is 0.382 e. The first-order chi connectivity index (χ1) is 10.1. The molecule has 0 saturated carbocycles. The SMILES string of the molecule is Cc1ccc(-c2[nH]nc(N)c2-c2cccc(Br)c2)cc1Cl. The van der Waals surface area contributed by atoms with E-state index in [1.807, 2.05) is 49.4 Å². The number of H-pyrrole nitrogens is 1. The van der Waals surface area contributed by atoms with Gasteiger partial charge in [0.1, 0.15) is 0 Å². The Balaban J connectivity index is 2.19. The molecule has 21 heavy (non-hydrogen) atoms. The molecule has 0 radical (unpaired) electrons. The molecule has 106 valence electrons. The average Bonchev–Trinajstić information content (AvgIpc) is 2.84. The third-order valence-corrected chi connectivity index (χ3v) is 4.27. The number of nitrogens with one attached hydrogen (secondary N) is 1. The molecular weight excluding hydrogens is 350 g/mol. The van der Waals surface area contributed by atoms with Gasteiger partial charge in [-0.15, -0.1) is 0 Å². The summed E-state index contributed by atoms with van der Waals surface area (Å²) in [7, 11) is 0. The lowest BCUT2D eigenvalue weighted by Crippen LogP contribution is -1.89. The summed E-state index contributed by atoms with van der Waals surface area (Å²) in [5.74, 6) is 0.472. The quantitative estimate of drug-likeness (QED) is 0.670. The first-order valence-electron chi connectivity index (χ1n) is 6.42. The lowest BCUT2D eigenvalue weighted by molar-refractivity contribution is 1.10. The Morgan fingerprint density at radius 1 is 1.14 bits per heavy atom. The van der Waals surface area contributed by atoms with Gasteiger partial charge in [0.2, 0.25) is 0 Å². The summed E-state index contributed by atoms with van der Waals surface area (Å²) < 4.78 is 0.994. The molecule has 0 unspecified atom stereocenters. The molecule has 0 fully saturated rings. The molecule has 3 rings (SSSR count). The van der Waals surface area contributed by atoms with E-state index in [9.17, 15) is 0 Å². The van der Waals surface area contributed by atoms with Crippen LogP contribution in [0.5, 0.6) is 0 Å². The van der Waals surface area contributed by atoms with Crippen LogP contribution in [0.2, 0.25) is 5.02 Å². The highest BCUT2D eigenvalue weighted by Crippen LogP contribution is 2.36. The second-order valence-corrected chi connectivity index (χ2v) is 6.16. The van der Waals surface area contributed by atoms with Crippen molar-refractivity contribution < 1.29 is 0 Å². The van der Waals surface area contributed by atoms with E-state index in [1.165, 1.54) is 0 Å². The lowest BCUT2D eigenvalue weighted by Gasteiger charge is -2.07. The average molecular weight is 363 g/mol. The summed E-state index contributed by atoms with van der Waals surface area (Å²) >= 11 is 9.70. The molecule has 1 aromatic heterocycles. The van der Waals surface area contributed by atoms with Crippen molar-refractivity contribution in [3.63, 3.8) is 0 Å². The topological polar surface area (TPSA) is 54.7 Å². The molecule has 0 amide bonds. The van der Waals surface area contributed by atoms with Gasteiger partial charge in [-0.1, -0.05) is 51.8 Å². The fourth-order valence-electron chi connectivity index (χ4n) is 2.25. The van der Waals surface area contributed by atoms with E-state index in [0.29, 0.717) is 5.82 Å². The lowest BCUT2D eigenvalue weighted by atomic mass is 10.0. The van der Waals surface area contributed by atoms with Crippen molar-refractivity contribution in [2.75, 3.05) is 5.73 Å². The zero-order valence-corrected chi connectivity index (χ0v) is 13.7. The maximum absolute atomic E-state index is 6.22. The molecule has 1 heterocycles. The molecule has 2 aromatic carbocycles. The predicted octanol–water partition coefficient (Wildman–Crippen LogP) is 5.05. The summed E-state index contributed by atoms with van der Waals surface area (Å²) in [6.45, 7) is 1.97. The Bertz CT molecular complexity index is 811. The summed E-state index contributed by atoms with van der Waals surface area (Å²) in [5.41, 5.74) is 10.8. The highest BCUT2D eigenvalue weighted by molar-refractivity contribution is 9.10. The molecule has 0 aliphatic heterocycles. The number of anilines is 1. The minimum Gasteiger partial charge on any atom is -0.382 e. The third kappa shape index (κ3) is 2.69. The van der Waals surface area contributed by atoms with Crippen LogP contribution in [0.4, 0.5) is 5.82 Å². The van der Waals surface area contributed by atoms with Crippen LogP contribution >= 0.6 is 27.5 Å². The van der Waals surface area contributed by atoms with Crippen molar-refractivity contribution in [1.82, 2.24) is 10.2 Å². The van der Waals surface area contributed by atoms with Crippen molar-refractivity contribution >= 4 is 33.3 Å². The maximum Gasteiger partial charge on any atom is 0.153 e. The Kier molecular flexibility index (Phi) is 3.74. The van der Waals surface area contributed by atoms with Crippen LogP contribution in [0.15, 0.2) is 46.9 Å². The monoisotopic (exact) mass is 361 g/mol. The molecule has 0 atom stereocenters. The van der Waals surface area contributed by atoms with Gasteiger partial charge in [0.05, 0.1) is 11.3 Å².